The Morgan fingerprint density at radius 1 is 0.675 bits per heavy atom. The molecule has 0 bridgehead atoms. The molecule has 0 rings (SSSR count). The molecule has 0 saturated carbocycles. The first-order valence-corrected chi connectivity index (χ1v) is 15.6. The summed E-state index contributed by atoms with van der Waals surface area (Å²) in [6.45, 7) is 12.1. The second-order valence-electron chi connectivity index (χ2n) is 13.5. The van der Waals surface area contributed by atoms with Crippen LogP contribution in [0.4, 0.5) is 0 Å². The van der Waals surface area contributed by atoms with Crippen LogP contribution in [0.1, 0.15) is 138 Å². The fourth-order valence-corrected chi connectivity index (χ4v) is 4.64. The minimum absolute atomic E-state index is 0.0655. The zero-order chi connectivity index (χ0) is 30.5. The molecule has 232 valence electrons. The monoisotopic (exact) mass is 565 g/mol. The van der Waals surface area contributed by atoms with Crippen molar-refractivity contribution in [3.63, 3.8) is 0 Å². The molecule has 0 spiro atoms. The molecule has 0 unspecified atom stereocenters. The standard InChI is InChI=1S/C33H60N2O5/c1-9-10-11-12-13-14-15-16-17-18-19-20-21-22-24-29(36)34-25-23-26-35(8,27-30(37)39-32(2,3)4)28-31(38)40-33(5,6)7/h1H,10-28H2,2-8H3/p+1. The van der Waals surface area contributed by atoms with Gasteiger partial charge in [0.2, 0.25) is 5.91 Å². The van der Waals surface area contributed by atoms with Crippen molar-refractivity contribution in [1.82, 2.24) is 5.32 Å². The van der Waals surface area contributed by atoms with E-state index in [9.17, 15) is 14.4 Å². The van der Waals surface area contributed by atoms with Crippen molar-refractivity contribution in [1.29, 1.82) is 0 Å². The zero-order valence-electron chi connectivity index (χ0n) is 27.0. The second kappa shape index (κ2) is 20.8. The van der Waals surface area contributed by atoms with Gasteiger partial charge in [-0.3, -0.25) is 4.79 Å². The highest BCUT2D eigenvalue weighted by Crippen LogP contribution is 2.15. The topological polar surface area (TPSA) is 81.7 Å². The van der Waals surface area contributed by atoms with Gasteiger partial charge in [-0.1, -0.05) is 64.2 Å². The van der Waals surface area contributed by atoms with Gasteiger partial charge in [0.25, 0.3) is 0 Å². The van der Waals surface area contributed by atoms with E-state index in [0.717, 1.165) is 19.3 Å². The summed E-state index contributed by atoms with van der Waals surface area (Å²) in [4.78, 5) is 37.3. The van der Waals surface area contributed by atoms with Crippen LogP contribution in [-0.2, 0) is 23.9 Å². The summed E-state index contributed by atoms with van der Waals surface area (Å²) >= 11 is 0. The molecule has 0 aromatic heterocycles. The normalized spacial score (nSPS) is 12.1. The van der Waals surface area contributed by atoms with Crippen LogP contribution in [0.2, 0.25) is 0 Å². The number of quaternary nitrogens is 1. The average Bonchev–Trinajstić information content (AvgIpc) is 2.79. The Labute approximate surface area is 246 Å². The third-order valence-electron chi connectivity index (χ3n) is 6.53. The Balaban J connectivity index is 4.15. The average molecular weight is 566 g/mol. The number of rotatable bonds is 22. The third-order valence-corrected chi connectivity index (χ3v) is 6.53. The number of ether oxygens (including phenoxy) is 2. The van der Waals surface area contributed by atoms with Crippen LogP contribution in [-0.4, -0.2) is 66.8 Å². The highest BCUT2D eigenvalue weighted by Gasteiger charge is 2.33. The molecule has 1 N–H and O–H groups in total. The van der Waals surface area contributed by atoms with Gasteiger partial charge in [-0.25, -0.2) is 9.59 Å². The number of unbranched alkanes of at least 4 members (excludes halogenated alkanes) is 12. The number of nitrogens with zero attached hydrogens (tertiary/aromatic N) is 1. The van der Waals surface area contributed by atoms with E-state index < -0.39 is 11.2 Å². The quantitative estimate of drug-likeness (QED) is 0.0682. The molecule has 0 aromatic rings. The highest BCUT2D eigenvalue weighted by atomic mass is 16.6. The van der Waals surface area contributed by atoms with Gasteiger partial charge in [-0.15, -0.1) is 12.3 Å². The number of terminal acetylenes is 1. The van der Waals surface area contributed by atoms with Gasteiger partial charge in [0.1, 0.15) is 11.2 Å². The van der Waals surface area contributed by atoms with Gasteiger partial charge in [0, 0.05) is 25.8 Å². The molecule has 0 heterocycles. The van der Waals surface area contributed by atoms with Crippen LogP contribution in [0.25, 0.3) is 0 Å². The SMILES string of the molecule is C#CCCCCCCCCCCCCCCC(=O)NCCC[N+](C)(CC(=O)OC(C)(C)C)CC(=O)OC(C)(C)C. The fourth-order valence-electron chi connectivity index (χ4n) is 4.64. The van der Waals surface area contributed by atoms with Crippen molar-refractivity contribution in [3.05, 3.63) is 0 Å². The molecule has 0 fully saturated rings. The van der Waals surface area contributed by atoms with Gasteiger partial charge in [0.05, 0.1) is 13.6 Å². The molecule has 7 heteroatoms. The maximum Gasteiger partial charge on any atom is 0.362 e. The molecule has 40 heavy (non-hydrogen) atoms. The highest BCUT2D eigenvalue weighted by molar-refractivity contribution is 5.75. The summed E-state index contributed by atoms with van der Waals surface area (Å²) in [7, 11) is 1.86. The van der Waals surface area contributed by atoms with Crippen molar-refractivity contribution in [2.75, 3.05) is 33.2 Å². The number of hydrogen-bond donors (Lipinski definition) is 1. The van der Waals surface area contributed by atoms with Crippen molar-refractivity contribution in [2.24, 2.45) is 0 Å². The molecule has 0 saturated heterocycles. The first kappa shape index (κ1) is 37.9. The molecule has 0 aliphatic carbocycles. The summed E-state index contributed by atoms with van der Waals surface area (Å²) in [5, 5.41) is 2.99. The number of nitrogens with one attached hydrogen (secondary N) is 1. The van der Waals surface area contributed by atoms with Crippen LogP contribution >= 0.6 is 0 Å². The number of hydrogen-bond acceptors (Lipinski definition) is 5. The Hall–Kier alpha value is -2.07. The lowest BCUT2D eigenvalue weighted by molar-refractivity contribution is -0.895. The predicted molar refractivity (Wildman–Crippen MR) is 164 cm³/mol. The second-order valence-corrected chi connectivity index (χ2v) is 13.5. The molecular formula is C33H61N2O5+. The van der Waals surface area contributed by atoms with E-state index in [1.54, 1.807) is 0 Å². The number of esters is 2. The van der Waals surface area contributed by atoms with Crippen LogP contribution in [0.3, 0.4) is 0 Å². The Morgan fingerprint density at radius 3 is 1.48 bits per heavy atom. The van der Waals surface area contributed by atoms with Crippen LogP contribution < -0.4 is 5.32 Å². The van der Waals surface area contributed by atoms with Crippen molar-refractivity contribution in [3.8, 4) is 12.3 Å². The van der Waals surface area contributed by atoms with Crippen LogP contribution in [0, 0.1) is 12.3 Å². The summed E-state index contributed by atoms with van der Waals surface area (Å²) in [6, 6.07) is 0. The van der Waals surface area contributed by atoms with Gasteiger partial charge in [-0.2, -0.15) is 0 Å². The van der Waals surface area contributed by atoms with E-state index >= 15 is 0 Å². The molecule has 0 atom stereocenters. The van der Waals surface area contributed by atoms with Crippen molar-refractivity contribution >= 4 is 17.8 Å². The van der Waals surface area contributed by atoms with E-state index in [1.807, 2.05) is 48.6 Å². The molecule has 0 aliphatic heterocycles. The van der Waals surface area contributed by atoms with Gasteiger partial charge < -0.3 is 19.3 Å². The van der Waals surface area contributed by atoms with Crippen molar-refractivity contribution in [2.45, 2.75) is 149 Å². The molecule has 1 amide bonds. The molecule has 0 aromatic carbocycles. The van der Waals surface area contributed by atoms with E-state index in [1.165, 1.54) is 64.2 Å². The predicted octanol–water partition coefficient (Wildman–Crippen LogP) is 6.72. The van der Waals surface area contributed by atoms with Gasteiger partial charge in [0.15, 0.2) is 13.1 Å². The summed E-state index contributed by atoms with van der Waals surface area (Å²) in [5.41, 5.74) is -1.19. The van der Waals surface area contributed by atoms with Crippen LogP contribution in [0.5, 0.6) is 0 Å². The van der Waals surface area contributed by atoms with E-state index in [2.05, 4.69) is 11.2 Å². The molecule has 7 nitrogen and oxygen atoms in total. The largest absolute Gasteiger partial charge is 0.456 e. The van der Waals surface area contributed by atoms with Crippen molar-refractivity contribution < 1.29 is 28.3 Å². The molecular weight excluding hydrogens is 504 g/mol. The summed E-state index contributed by atoms with van der Waals surface area (Å²) < 4.78 is 11.2. The number of amides is 1. The molecule has 0 radical (unpaired) electrons. The van der Waals surface area contributed by atoms with Gasteiger partial charge >= 0.3 is 11.9 Å². The Bertz CT molecular complexity index is 728. The Kier molecular flexibility index (Phi) is 19.7. The lowest BCUT2D eigenvalue weighted by Crippen LogP contribution is -2.53. The first-order chi connectivity index (χ1) is 18.7. The summed E-state index contributed by atoms with van der Waals surface area (Å²) in [6.07, 6.45) is 22.1. The third kappa shape index (κ3) is 24.9. The maximum absolute atomic E-state index is 12.5. The Morgan fingerprint density at radius 2 is 1.07 bits per heavy atom. The van der Waals surface area contributed by atoms with E-state index in [0.29, 0.717) is 25.9 Å². The lowest BCUT2D eigenvalue weighted by atomic mass is 10.0. The first-order valence-electron chi connectivity index (χ1n) is 15.6. The van der Waals surface area contributed by atoms with Crippen LogP contribution in [0.15, 0.2) is 0 Å². The maximum atomic E-state index is 12.5. The van der Waals surface area contributed by atoms with E-state index in [-0.39, 0.29) is 35.4 Å². The lowest BCUT2D eigenvalue weighted by Gasteiger charge is -2.34. The number of carbonyl (C=O) groups excluding carboxylic acids is 3. The minimum atomic E-state index is -0.593. The number of likely N-dealkylation sites (N-methyl/N-ethyl adjacent to an activating group) is 1. The number of carbonyl (C=O) groups is 3. The zero-order valence-corrected chi connectivity index (χ0v) is 27.0. The minimum Gasteiger partial charge on any atom is -0.456 e. The smallest absolute Gasteiger partial charge is 0.362 e. The van der Waals surface area contributed by atoms with E-state index in [4.69, 9.17) is 15.9 Å². The fraction of sp³-hybridized carbons (Fsp3) is 0.848. The van der Waals surface area contributed by atoms with Gasteiger partial charge in [-0.05, 0) is 54.4 Å². The molecule has 0 aliphatic rings. The summed E-state index contributed by atoms with van der Waals surface area (Å²) in [5.74, 6) is 2.06.